The maximum absolute atomic E-state index is 4.06. The molecule has 0 spiro atoms. The van der Waals surface area contributed by atoms with Crippen LogP contribution in [0.2, 0.25) is 0 Å². The summed E-state index contributed by atoms with van der Waals surface area (Å²) in [5.74, 6) is 0. The Morgan fingerprint density at radius 1 is 0.914 bits per heavy atom. The Labute approximate surface area is 211 Å². The van der Waals surface area contributed by atoms with Gasteiger partial charge in [-0.05, 0) is 35.7 Å². The molecule has 4 aromatic rings. The van der Waals surface area contributed by atoms with Crippen molar-refractivity contribution in [1.29, 1.82) is 0 Å². The fourth-order valence-corrected chi connectivity index (χ4v) is 6.93. The largest absolute Gasteiger partial charge is 0.331 e. The number of nitrogens with zero attached hydrogens (tertiary/aromatic N) is 2. The standard InChI is InChI=1S/C32H29N2S/c1-4-20-34-28-19-18-24-14-8-9-15-25(24)31(28)35-30(34)21-29-32(2,22-23-12-6-5-7-13-23)26-16-10-11-17-27(26)33(29)3/h4-19,21H,1,20,22H2,2-3H3/q+1. The molecule has 0 saturated heterocycles. The van der Waals surface area contributed by atoms with Crippen molar-refractivity contribution in [1.82, 2.24) is 0 Å². The number of fused-ring (bicyclic) bond motifs is 4. The van der Waals surface area contributed by atoms with Crippen molar-refractivity contribution in [2.24, 2.45) is 0 Å². The number of para-hydroxylation sites is 1. The minimum atomic E-state index is -0.128. The van der Waals surface area contributed by atoms with Crippen LogP contribution >= 0.6 is 11.8 Å². The topological polar surface area (TPSA) is 6.25 Å². The summed E-state index contributed by atoms with van der Waals surface area (Å²) < 4.78 is 2.39. The second-order valence-electron chi connectivity index (χ2n) is 9.57. The van der Waals surface area contributed by atoms with Crippen molar-refractivity contribution >= 4 is 39.6 Å². The van der Waals surface area contributed by atoms with Gasteiger partial charge in [-0.25, -0.2) is 0 Å². The molecule has 2 aliphatic heterocycles. The van der Waals surface area contributed by atoms with Gasteiger partial charge in [0.25, 0.3) is 0 Å². The van der Waals surface area contributed by atoms with Crippen LogP contribution < -0.4 is 4.90 Å². The molecular weight excluding hydrogens is 444 g/mol. The molecule has 0 radical (unpaired) electrons. The van der Waals surface area contributed by atoms with Gasteiger partial charge in [0.05, 0.1) is 16.1 Å². The van der Waals surface area contributed by atoms with Crippen molar-refractivity contribution in [2.75, 3.05) is 18.5 Å². The second-order valence-corrected chi connectivity index (χ2v) is 10.6. The fourth-order valence-electron chi connectivity index (χ4n) is 5.69. The molecule has 35 heavy (non-hydrogen) atoms. The highest BCUT2D eigenvalue weighted by Gasteiger charge is 2.47. The van der Waals surface area contributed by atoms with Gasteiger partial charge in [0, 0.05) is 29.1 Å². The summed E-state index contributed by atoms with van der Waals surface area (Å²) in [6.45, 7) is 7.24. The van der Waals surface area contributed by atoms with Crippen LogP contribution in [0.25, 0.3) is 10.8 Å². The van der Waals surface area contributed by atoms with Crippen LogP contribution in [-0.2, 0) is 11.8 Å². The van der Waals surface area contributed by atoms with Crippen molar-refractivity contribution in [3.05, 3.63) is 126 Å². The quantitative estimate of drug-likeness (QED) is 0.216. The van der Waals surface area contributed by atoms with E-state index in [4.69, 9.17) is 0 Å². The Balaban J connectivity index is 1.50. The molecule has 0 bridgehead atoms. The average molecular weight is 474 g/mol. The summed E-state index contributed by atoms with van der Waals surface area (Å²) in [4.78, 5) is 3.74. The van der Waals surface area contributed by atoms with Crippen LogP contribution in [0.5, 0.6) is 0 Å². The lowest BCUT2D eigenvalue weighted by Gasteiger charge is -2.24. The first-order valence-corrected chi connectivity index (χ1v) is 13.0. The summed E-state index contributed by atoms with van der Waals surface area (Å²) in [6.07, 6.45) is 5.38. The SMILES string of the molecule is C=CCN1/C(=C/C2=[N+](C)c3ccccc3C2(C)Cc2ccccc2)Sc2c1ccc1ccccc21. The molecule has 0 saturated carbocycles. The molecule has 0 aromatic heterocycles. The first-order valence-electron chi connectivity index (χ1n) is 12.1. The van der Waals surface area contributed by atoms with Crippen molar-refractivity contribution in [3.63, 3.8) is 0 Å². The predicted molar refractivity (Wildman–Crippen MR) is 150 cm³/mol. The molecule has 172 valence electrons. The van der Waals surface area contributed by atoms with Crippen LogP contribution in [-0.4, -0.2) is 23.9 Å². The third-order valence-electron chi connectivity index (χ3n) is 7.38. The smallest absolute Gasteiger partial charge is 0.209 e. The zero-order valence-electron chi connectivity index (χ0n) is 20.2. The predicted octanol–water partition coefficient (Wildman–Crippen LogP) is 7.71. The molecule has 6 rings (SSSR count). The molecule has 0 amide bonds. The van der Waals surface area contributed by atoms with E-state index in [1.54, 1.807) is 0 Å². The van der Waals surface area contributed by atoms with E-state index >= 15 is 0 Å². The molecule has 2 nitrogen and oxygen atoms in total. The Morgan fingerprint density at radius 2 is 1.66 bits per heavy atom. The molecule has 4 aromatic carbocycles. The van der Waals surface area contributed by atoms with Gasteiger partial charge in [-0.2, -0.15) is 4.58 Å². The number of hydrogen-bond donors (Lipinski definition) is 0. The van der Waals surface area contributed by atoms with E-state index in [2.05, 4.69) is 127 Å². The summed E-state index contributed by atoms with van der Waals surface area (Å²) >= 11 is 1.88. The second kappa shape index (κ2) is 8.58. The zero-order valence-corrected chi connectivity index (χ0v) is 21.1. The molecule has 2 heterocycles. The number of hydrogen-bond acceptors (Lipinski definition) is 2. The number of benzene rings is 4. The number of rotatable bonds is 5. The molecule has 0 N–H and O–H groups in total. The van der Waals surface area contributed by atoms with E-state index in [0.29, 0.717) is 0 Å². The Bertz CT molecular complexity index is 1520. The van der Waals surface area contributed by atoms with Gasteiger partial charge in [0.2, 0.25) is 5.69 Å². The maximum atomic E-state index is 4.06. The molecule has 2 aliphatic rings. The fraction of sp³-hybridized carbons (Fsp3) is 0.156. The van der Waals surface area contributed by atoms with Crippen molar-refractivity contribution in [2.45, 2.75) is 23.7 Å². The lowest BCUT2D eigenvalue weighted by Crippen LogP contribution is -2.34. The molecule has 1 atom stereocenters. The van der Waals surface area contributed by atoms with E-state index in [-0.39, 0.29) is 5.41 Å². The third kappa shape index (κ3) is 3.54. The van der Waals surface area contributed by atoms with Crippen molar-refractivity contribution < 1.29 is 4.58 Å². The van der Waals surface area contributed by atoms with Crippen LogP contribution in [0.15, 0.2) is 120 Å². The molecule has 0 aliphatic carbocycles. The zero-order chi connectivity index (χ0) is 24.0. The van der Waals surface area contributed by atoms with Crippen LogP contribution in [0.4, 0.5) is 11.4 Å². The first kappa shape index (κ1) is 21.9. The lowest BCUT2D eigenvalue weighted by atomic mass is 9.74. The minimum absolute atomic E-state index is 0.128. The lowest BCUT2D eigenvalue weighted by molar-refractivity contribution is -0.401. The monoisotopic (exact) mass is 473 g/mol. The van der Waals surface area contributed by atoms with Gasteiger partial charge < -0.3 is 4.90 Å². The molecular formula is C32H29N2S+. The normalized spacial score (nSPS) is 19.9. The van der Waals surface area contributed by atoms with Gasteiger partial charge in [-0.15, -0.1) is 6.58 Å². The van der Waals surface area contributed by atoms with Gasteiger partial charge in [0.15, 0.2) is 5.71 Å². The molecule has 3 heteroatoms. The van der Waals surface area contributed by atoms with E-state index in [0.717, 1.165) is 13.0 Å². The van der Waals surface area contributed by atoms with Crippen LogP contribution in [0, 0.1) is 0 Å². The maximum Gasteiger partial charge on any atom is 0.209 e. The van der Waals surface area contributed by atoms with Gasteiger partial charge >= 0.3 is 0 Å². The Morgan fingerprint density at radius 3 is 2.49 bits per heavy atom. The Kier molecular flexibility index (Phi) is 5.38. The number of allylic oxidation sites excluding steroid dienone is 1. The highest BCUT2D eigenvalue weighted by Crippen LogP contribution is 2.50. The van der Waals surface area contributed by atoms with E-state index in [1.807, 2.05) is 17.8 Å². The van der Waals surface area contributed by atoms with Gasteiger partial charge in [0.1, 0.15) is 7.05 Å². The average Bonchev–Trinajstić information content (AvgIpc) is 3.34. The number of thioether (sulfide) groups is 1. The van der Waals surface area contributed by atoms with Crippen LogP contribution in [0.1, 0.15) is 18.1 Å². The van der Waals surface area contributed by atoms with E-state index in [1.165, 1.54) is 48.9 Å². The minimum Gasteiger partial charge on any atom is -0.331 e. The Hall–Kier alpha value is -3.56. The highest BCUT2D eigenvalue weighted by atomic mass is 32.2. The number of anilines is 1. The third-order valence-corrected chi connectivity index (χ3v) is 8.56. The molecule has 1 unspecified atom stereocenters. The first-order chi connectivity index (χ1) is 17.1. The van der Waals surface area contributed by atoms with E-state index < -0.39 is 0 Å². The van der Waals surface area contributed by atoms with Gasteiger partial charge in [-0.3, -0.25) is 0 Å². The van der Waals surface area contributed by atoms with Crippen LogP contribution in [0.3, 0.4) is 0 Å². The summed E-state index contributed by atoms with van der Waals surface area (Å²) in [6, 6.07) is 32.9. The van der Waals surface area contributed by atoms with Gasteiger partial charge in [-0.1, -0.05) is 96.7 Å². The summed E-state index contributed by atoms with van der Waals surface area (Å²) in [5.41, 5.74) is 6.50. The summed E-state index contributed by atoms with van der Waals surface area (Å²) in [5, 5.41) is 3.85. The van der Waals surface area contributed by atoms with Crippen molar-refractivity contribution in [3.8, 4) is 0 Å². The summed E-state index contributed by atoms with van der Waals surface area (Å²) in [7, 11) is 2.21. The highest BCUT2D eigenvalue weighted by molar-refractivity contribution is 8.04. The molecule has 0 fully saturated rings. The van der Waals surface area contributed by atoms with E-state index in [9.17, 15) is 0 Å².